The summed E-state index contributed by atoms with van der Waals surface area (Å²) in [6.07, 6.45) is 2.32. The monoisotopic (exact) mass is 613 g/mol. The third-order valence-electron chi connectivity index (χ3n) is 7.72. The summed E-state index contributed by atoms with van der Waals surface area (Å²) in [4.78, 5) is 30.6. The van der Waals surface area contributed by atoms with Crippen LogP contribution in [0, 0.1) is 0 Å². The Morgan fingerprint density at radius 2 is 1.76 bits per heavy atom. The number of fused-ring (bicyclic) bond motifs is 3. The zero-order chi connectivity index (χ0) is 28.5. The van der Waals surface area contributed by atoms with Crippen molar-refractivity contribution in [1.29, 1.82) is 0 Å². The molecular formula is C31H32BrN7O2. The number of nitrogens with one attached hydrogen (secondary N) is 1. The van der Waals surface area contributed by atoms with Crippen molar-refractivity contribution in [3.05, 3.63) is 87.1 Å². The van der Waals surface area contributed by atoms with Crippen LogP contribution in [0.15, 0.2) is 76.0 Å². The van der Waals surface area contributed by atoms with Crippen LogP contribution in [-0.2, 0) is 6.54 Å². The normalized spacial score (nSPS) is 13.3. The van der Waals surface area contributed by atoms with Crippen molar-refractivity contribution in [2.75, 3.05) is 36.4 Å². The molecule has 6 rings (SSSR count). The van der Waals surface area contributed by atoms with E-state index < -0.39 is 0 Å². The van der Waals surface area contributed by atoms with Gasteiger partial charge in [0.05, 0.1) is 17.4 Å². The van der Waals surface area contributed by atoms with Crippen molar-refractivity contribution < 1.29 is 4.79 Å². The molecule has 3 heterocycles. The van der Waals surface area contributed by atoms with E-state index in [9.17, 15) is 9.59 Å². The van der Waals surface area contributed by atoms with Gasteiger partial charge in [-0.2, -0.15) is 0 Å². The Labute approximate surface area is 246 Å². The summed E-state index contributed by atoms with van der Waals surface area (Å²) in [6.45, 7) is 7.42. The van der Waals surface area contributed by atoms with Crippen molar-refractivity contribution in [2.24, 2.45) is 0 Å². The lowest BCUT2D eigenvalue weighted by molar-refractivity contribution is 0.217. The molecule has 10 heteroatoms. The van der Waals surface area contributed by atoms with Crippen molar-refractivity contribution in [1.82, 2.24) is 24.1 Å². The van der Waals surface area contributed by atoms with E-state index in [0.29, 0.717) is 35.8 Å². The van der Waals surface area contributed by atoms with E-state index in [2.05, 4.69) is 54.5 Å². The maximum absolute atomic E-state index is 13.8. The van der Waals surface area contributed by atoms with Gasteiger partial charge in [-0.1, -0.05) is 40.2 Å². The second-order valence-corrected chi connectivity index (χ2v) is 11.1. The third kappa shape index (κ3) is 5.08. The van der Waals surface area contributed by atoms with Crippen LogP contribution < -0.4 is 15.8 Å². The lowest BCUT2D eigenvalue weighted by atomic mass is 10.1. The summed E-state index contributed by atoms with van der Waals surface area (Å²) >= 11 is 3.65. The quantitative estimate of drug-likeness (QED) is 0.243. The van der Waals surface area contributed by atoms with Gasteiger partial charge in [0.15, 0.2) is 5.82 Å². The summed E-state index contributed by atoms with van der Waals surface area (Å²) in [6, 6.07) is 21.3. The van der Waals surface area contributed by atoms with Crippen LogP contribution in [0.5, 0.6) is 0 Å². The zero-order valence-electron chi connectivity index (χ0n) is 23.2. The van der Waals surface area contributed by atoms with E-state index >= 15 is 0 Å². The Morgan fingerprint density at radius 3 is 2.54 bits per heavy atom. The van der Waals surface area contributed by atoms with Crippen LogP contribution >= 0.6 is 15.9 Å². The Hall–Kier alpha value is -4.18. The molecule has 0 radical (unpaired) electrons. The molecule has 2 aromatic heterocycles. The fourth-order valence-corrected chi connectivity index (χ4v) is 6.00. The van der Waals surface area contributed by atoms with Gasteiger partial charge in [-0.05, 0) is 74.7 Å². The number of carbonyl (C=O) groups is 1. The largest absolute Gasteiger partial charge is 0.371 e. The Balaban J connectivity index is 1.48. The maximum Gasteiger partial charge on any atom is 0.321 e. The van der Waals surface area contributed by atoms with Crippen LogP contribution in [0.4, 0.5) is 16.2 Å². The second-order valence-electron chi connectivity index (χ2n) is 10.2. The highest BCUT2D eigenvalue weighted by molar-refractivity contribution is 9.10. The van der Waals surface area contributed by atoms with Crippen LogP contribution in [0.1, 0.15) is 32.3 Å². The fourth-order valence-electron chi connectivity index (χ4n) is 5.64. The number of hydrogen-bond acceptors (Lipinski definition) is 5. The number of para-hydroxylation sites is 1. The van der Waals surface area contributed by atoms with Gasteiger partial charge in [-0.25, -0.2) is 4.79 Å². The van der Waals surface area contributed by atoms with E-state index in [4.69, 9.17) is 0 Å². The predicted octanol–water partition coefficient (Wildman–Crippen LogP) is 6.00. The highest BCUT2D eigenvalue weighted by Gasteiger charge is 2.23. The molecule has 41 heavy (non-hydrogen) atoms. The lowest BCUT2D eigenvalue weighted by Gasteiger charge is -2.21. The van der Waals surface area contributed by atoms with Gasteiger partial charge in [0.1, 0.15) is 0 Å². The number of urea groups is 1. The number of benzene rings is 3. The number of hydrogen-bond donors (Lipinski definition) is 1. The van der Waals surface area contributed by atoms with E-state index in [0.717, 1.165) is 52.7 Å². The Morgan fingerprint density at radius 1 is 0.976 bits per heavy atom. The molecule has 0 bridgehead atoms. The van der Waals surface area contributed by atoms with E-state index in [1.165, 1.54) is 0 Å². The average Bonchev–Trinajstić information content (AvgIpc) is 3.67. The molecule has 3 aromatic carbocycles. The van der Waals surface area contributed by atoms with Gasteiger partial charge in [0, 0.05) is 47.6 Å². The highest BCUT2D eigenvalue weighted by Crippen LogP contribution is 2.35. The first-order valence-corrected chi connectivity index (χ1v) is 14.8. The summed E-state index contributed by atoms with van der Waals surface area (Å²) in [5.41, 5.74) is 4.24. The van der Waals surface area contributed by atoms with E-state index in [-0.39, 0.29) is 18.1 Å². The van der Waals surface area contributed by atoms with Gasteiger partial charge in [-0.15, -0.1) is 10.2 Å². The zero-order valence-corrected chi connectivity index (χ0v) is 24.8. The molecule has 210 valence electrons. The number of nitrogens with zero attached hydrogens (tertiary/aromatic N) is 6. The molecule has 1 N–H and O–H groups in total. The summed E-state index contributed by atoms with van der Waals surface area (Å²) in [5.74, 6) is 1.15. The first kappa shape index (κ1) is 27.0. The molecule has 0 atom stereocenters. The molecular weight excluding hydrogens is 582 g/mol. The molecule has 0 saturated carbocycles. The topological polar surface area (TPSA) is 87.8 Å². The smallest absolute Gasteiger partial charge is 0.321 e. The molecule has 0 unspecified atom stereocenters. The Bertz CT molecular complexity index is 1800. The number of aromatic nitrogens is 4. The standard InChI is InChI=1S/C31H32BrN7O2/c1-3-36(4-2)31(41)33-23-11-9-10-21(18-23)20-38-29(40)24-12-5-6-13-27(24)39-28(34-35-30(38)39)25-19-22(32)14-15-26(25)37-16-7-8-17-37/h5-6,9-15,18-19H,3-4,7-8,16-17,20H2,1-2H3,(H,33,41). The molecule has 1 fully saturated rings. The summed E-state index contributed by atoms with van der Waals surface area (Å²) in [5, 5.41) is 12.8. The first-order valence-electron chi connectivity index (χ1n) is 14.0. The van der Waals surface area contributed by atoms with Crippen molar-refractivity contribution in [3.8, 4) is 11.4 Å². The number of carbonyl (C=O) groups excluding carboxylic acids is 1. The average molecular weight is 615 g/mol. The first-order chi connectivity index (χ1) is 20.0. The molecule has 9 nitrogen and oxygen atoms in total. The summed E-state index contributed by atoms with van der Waals surface area (Å²) in [7, 11) is 0. The van der Waals surface area contributed by atoms with Crippen LogP contribution in [-0.4, -0.2) is 56.3 Å². The Kier molecular flexibility index (Phi) is 7.49. The van der Waals surface area contributed by atoms with Crippen molar-refractivity contribution in [2.45, 2.75) is 33.2 Å². The van der Waals surface area contributed by atoms with Crippen LogP contribution in [0.25, 0.3) is 28.1 Å². The number of amides is 2. The minimum atomic E-state index is -0.151. The van der Waals surface area contributed by atoms with Crippen LogP contribution in [0.3, 0.4) is 0 Å². The molecule has 1 aliphatic rings. The maximum atomic E-state index is 13.8. The lowest BCUT2D eigenvalue weighted by Crippen LogP contribution is -2.34. The van der Waals surface area contributed by atoms with E-state index in [1.807, 2.05) is 66.8 Å². The van der Waals surface area contributed by atoms with Gasteiger partial charge in [0.25, 0.3) is 5.56 Å². The second kappa shape index (κ2) is 11.4. The molecule has 1 saturated heterocycles. The minimum absolute atomic E-state index is 0.140. The van der Waals surface area contributed by atoms with Gasteiger partial charge >= 0.3 is 6.03 Å². The fraction of sp³-hybridized carbons (Fsp3) is 0.290. The summed E-state index contributed by atoms with van der Waals surface area (Å²) < 4.78 is 4.61. The van der Waals surface area contributed by atoms with Gasteiger partial charge in [0.2, 0.25) is 5.78 Å². The molecule has 0 aliphatic carbocycles. The number of anilines is 2. The molecule has 2 amide bonds. The van der Waals surface area contributed by atoms with Gasteiger partial charge in [-0.3, -0.25) is 13.8 Å². The van der Waals surface area contributed by atoms with Crippen molar-refractivity contribution in [3.63, 3.8) is 0 Å². The van der Waals surface area contributed by atoms with E-state index in [1.54, 1.807) is 9.47 Å². The van der Waals surface area contributed by atoms with Gasteiger partial charge < -0.3 is 15.1 Å². The van der Waals surface area contributed by atoms with Crippen molar-refractivity contribution >= 4 is 50.0 Å². The number of halogens is 1. The highest BCUT2D eigenvalue weighted by atomic mass is 79.9. The minimum Gasteiger partial charge on any atom is -0.371 e. The van der Waals surface area contributed by atoms with Crippen LogP contribution in [0.2, 0.25) is 0 Å². The SMILES string of the molecule is CCN(CC)C(=O)Nc1cccc(Cn2c(=O)c3ccccc3n3c(-c4cc(Br)ccc4N4CCCC4)nnc23)c1. The molecule has 5 aromatic rings. The predicted molar refractivity (Wildman–Crippen MR) is 167 cm³/mol. The number of rotatable bonds is 7. The molecule has 0 spiro atoms. The third-order valence-corrected chi connectivity index (χ3v) is 8.22. The molecule has 1 aliphatic heterocycles.